The zero-order valence-electron chi connectivity index (χ0n) is 8.15. The highest BCUT2D eigenvalue weighted by Crippen LogP contribution is 2.03. The van der Waals surface area contributed by atoms with Crippen LogP contribution in [0.25, 0.3) is 0 Å². The van der Waals surface area contributed by atoms with E-state index in [0.717, 1.165) is 6.42 Å². The molecule has 1 rings (SSSR count). The van der Waals surface area contributed by atoms with Gasteiger partial charge in [-0.15, -0.1) is 0 Å². The molecule has 0 unspecified atom stereocenters. The van der Waals surface area contributed by atoms with Gasteiger partial charge in [-0.3, -0.25) is 0 Å². The van der Waals surface area contributed by atoms with Crippen LogP contribution < -0.4 is 0 Å². The highest BCUT2D eigenvalue weighted by Gasteiger charge is 1.83. The van der Waals surface area contributed by atoms with Crippen molar-refractivity contribution in [3.8, 4) is 0 Å². The second-order valence-electron chi connectivity index (χ2n) is 3.23. The molecule has 0 saturated heterocycles. The van der Waals surface area contributed by atoms with Gasteiger partial charge in [-0.1, -0.05) is 48.6 Å². The van der Waals surface area contributed by atoms with E-state index in [4.69, 9.17) is 0 Å². The molecule has 0 N–H and O–H groups in total. The average Bonchev–Trinajstić information content (AvgIpc) is 2.18. The van der Waals surface area contributed by atoms with Crippen molar-refractivity contribution in [3.63, 3.8) is 0 Å². The quantitative estimate of drug-likeness (QED) is 0.483. The zero-order valence-corrected chi connectivity index (χ0v) is 8.15. The molecule has 1 aliphatic rings. The number of rotatable bonds is 0. The fraction of sp³-hybridized carbons (Fsp3) is 0.385. The van der Waals surface area contributed by atoms with Gasteiger partial charge in [0.25, 0.3) is 0 Å². The van der Waals surface area contributed by atoms with Gasteiger partial charge in [0.1, 0.15) is 0 Å². The molecule has 0 saturated carbocycles. The Labute approximate surface area is 81.4 Å². The summed E-state index contributed by atoms with van der Waals surface area (Å²) < 4.78 is 0. The minimum atomic E-state index is 1.06. The Morgan fingerprint density at radius 2 is 1.23 bits per heavy atom. The summed E-state index contributed by atoms with van der Waals surface area (Å²) in [7, 11) is 0. The molecular weight excluding hydrogens is 156 g/mol. The van der Waals surface area contributed by atoms with Gasteiger partial charge in [0, 0.05) is 0 Å². The van der Waals surface area contributed by atoms with Gasteiger partial charge in [0.2, 0.25) is 0 Å². The molecule has 0 aliphatic heterocycles. The van der Waals surface area contributed by atoms with Gasteiger partial charge in [0.15, 0.2) is 0 Å². The first-order valence-electron chi connectivity index (χ1n) is 5.13. The lowest BCUT2D eigenvalue weighted by Crippen LogP contribution is -1.71. The van der Waals surface area contributed by atoms with Gasteiger partial charge in [-0.2, -0.15) is 0 Å². The Hall–Kier alpha value is -1.04. The van der Waals surface area contributed by atoms with Crippen molar-refractivity contribution in [2.45, 2.75) is 32.1 Å². The van der Waals surface area contributed by atoms with E-state index in [-0.39, 0.29) is 0 Å². The second kappa shape index (κ2) is 7.60. The molecule has 13 heavy (non-hydrogen) atoms. The van der Waals surface area contributed by atoms with E-state index < -0.39 is 0 Å². The van der Waals surface area contributed by atoms with E-state index in [1.54, 1.807) is 0 Å². The minimum absolute atomic E-state index is 1.06. The van der Waals surface area contributed by atoms with Crippen LogP contribution in [0, 0.1) is 0 Å². The first-order valence-corrected chi connectivity index (χ1v) is 5.13. The summed E-state index contributed by atoms with van der Waals surface area (Å²) in [6, 6.07) is 0. The van der Waals surface area contributed by atoms with Gasteiger partial charge < -0.3 is 0 Å². The second-order valence-corrected chi connectivity index (χ2v) is 3.23. The van der Waals surface area contributed by atoms with Crippen LogP contribution in [-0.4, -0.2) is 0 Å². The molecule has 0 aromatic rings. The zero-order chi connectivity index (χ0) is 9.19. The molecule has 0 aromatic heterocycles. The van der Waals surface area contributed by atoms with Gasteiger partial charge >= 0.3 is 0 Å². The third-order valence-electron chi connectivity index (χ3n) is 2.04. The highest BCUT2D eigenvalue weighted by atomic mass is 13.9. The van der Waals surface area contributed by atoms with Crippen LogP contribution in [0.1, 0.15) is 32.1 Å². The molecular formula is C13H18. The fourth-order valence-corrected chi connectivity index (χ4v) is 1.28. The summed E-state index contributed by atoms with van der Waals surface area (Å²) in [5, 5.41) is 0. The average molecular weight is 174 g/mol. The Morgan fingerprint density at radius 3 is 2.08 bits per heavy atom. The lowest BCUT2D eigenvalue weighted by molar-refractivity contribution is 0.761. The van der Waals surface area contributed by atoms with Crippen LogP contribution in [0.4, 0.5) is 0 Å². The van der Waals surface area contributed by atoms with Crippen molar-refractivity contribution >= 4 is 0 Å². The van der Waals surface area contributed by atoms with Crippen molar-refractivity contribution in [2.75, 3.05) is 0 Å². The van der Waals surface area contributed by atoms with Crippen LogP contribution in [0.5, 0.6) is 0 Å². The maximum absolute atomic E-state index is 2.29. The molecule has 0 radical (unpaired) electrons. The van der Waals surface area contributed by atoms with Crippen LogP contribution in [0.2, 0.25) is 0 Å². The van der Waals surface area contributed by atoms with E-state index in [1.807, 2.05) is 0 Å². The van der Waals surface area contributed by atoms with Crippen molar-refractivity contribution in [2.24, 2.45) is 0 Å². The Bertz CT molecular complexity index is 216. The molecule has 1 aliphatic carbocycles. The first kappa shape index (κ1) is 10.0. The largest absolute Gasteiger partial charge is 0.0882 e. The first-order chi connectivity index (χ1) is 6.50. The predicted molar refractivity (Wildman–Crippen MR) is 59.6 cm³/mol. The summed E-state index contributed by atoms with van der Waals surface area (Å²) >= 11 is 0. The summed E-state index contributed by atoms with van der Waals surface area (Å²) in [5.41, 5.74) is 0. The molecule has 0 amide bonds. The summed E-state index contributed by atoms with van der Waals surface area (Å²) in [5.74, 6) is 0. The molecule has 0 spiro atoms. The maximum Gasteiger partial charge on any atom is -0.0166 e. The van der Waals surface area contributed by atoms with Crippen LogP contribution >= 0.6 is 0 Å². The van der Waals surface area contributed by atoms with E-state index in [2.05, 4.69) is 48.6 Å². The smallest absolute Gasteiger partial charge is 0.0166 e. The molecule has 0 aromatic carbocycles. The number of hydrogen-bond donors (Lipinski definition) is 0. The Kier molecular flexibility index (Phi) is 5.87. The molecule has 0 heteroatoms. The van der Waals surface area contributed by atoms with Crippen molar-refractivity contribution in [1.82, 2.24) is 0 Å². The summed E-state index contributed by atoms with van der Waals surface area (Å²) in [6.45, 7) is 0. The van der Waals surface area contributed by atoms with Gasteiger partial charge in [-0.25, -0.2) is 0 Å². The molecule has 0 heterocycles. The molecule has 0 bridgehead atoms. The Balaban J connectivity index is 2.38. The van der Waals surface area contributed by atoms with E-state index in [1.165, 1.54) is 25.7 Å². The molecule has 0 nitrogen and oxygen atoms in total. The van der Waals surface area contributed by atoms with E-state index in [0.29, 0.717) is 0 Å². The van der Waals surface area contributed by atoms with Crippen LogP contribution in [0.3, 0.4) is 0 Å². The van der Waals surface area contributed by atoms with Gasteiger partial charge in [0.05, 0.1) is 0 Å². The van der Waals surface area contributed by atoms with Crippen LogP contribution in [-0.2, 0) is 0 Å². The SMILES string of the molecule is C1=C/C=C\CCCC/C=C/CC=C1. The third kappa shape index (κ3) is 6.15. The topological polar surface area (TPSA) is 0 Å². The summed E-state index contributed by atoms with van der Waals surface area (Å²) in [6.07, 6.45) is 23.5. The fourth-order valence-electron chi connectivity index (χ4n) is 1.28. The van der Waals surface area contributed by atoms with Crippen molar-refractivity contribution in [3.05, 3.63) is 48.6 Å². The highest BCUT2D eigenvalue weighted by molar-refractivity contribution is 5.12. The molecule has 0 atom stereocenters. The maximum atomic E-state index is 2.29. The molecule has 70 valence electrons. The lowest BCUT2D eigenvalue weighted by atomic mass is 10.2. The Morgan fingerprint density at radius 1 is 0.538 bits per heavy atom. The van der Waals surface area contributed by atoms with E-state index >= 15 is 0 Å². The monoisotopic (exact) mass is 174 g/mol. The van der Waals surface area contributed by atoms with Crippen molar-refractivity contribution < 1.29 is 0 Å². The molecule has 0 fully saturated rings. The minimum Gasteiger partial charge on any atom is -0.0882 e. The third-order valence-corrected chi connectivity index (χ3v) is 2.04. The van der Waals surface area contributed by atoms with E-state index in [9.17, 15) is 0 Å². The number of allylic oxidation sites excluding steroid dienone is 8. The van der Waals surface area contributed by atoms with Crippen LogP contribution in [0.15, 0.2) is 48.6 Å². The normalized spacial score (nSPS) is 24.0. The number of hydrogen-bond acceptors (Lipinski definition) is 0. The standard InChI is InChI=1S/C13H18/c1-2-4-6-8-10-12-13-11-9-7-5-3-1/h1-6,9,11H,7-8,10,12-13H2/b2-1?,5-3?,6-4-,11-9+. The lowest BCUT2D eigenvalue weighted by Gasteiger charge is -1.91. The predicted octanol–water partition coefficient (Wildman–Crippen LogP) is 4.18. The van der Waals surface area contributed by atoms with Crippen molar-refractivity contribution in [1.29, 1.82) is 0 Å². The summed E-state index contributed by atoms with van der Waals surface area (Å²) in [4.78, 5) is 0. The van der Waals surface area contributed by atoms with Gasteiger partial charge in [-0.05, 0) is 32.1 Å².